The molecule has 0 fully saturated rings. The van der Waals surface area contributed by atoms with Crippen molar-refractivity contribution >= 4 is 11.7 Å². The van der Waals surface area contributed by atoms with Crippen LogP contribution in [0.4, 0.5) is 5.69 Å². The van der Waals surface area contributed by atoms with Gasteiger partial charge in [0, 0.05) is 18.7 Å². The van der Waals surface area contributed by atoms with E-state index in [0.717, 1.165) is 5.56 Å². The fourth-order valence-corrected chi connectivity index (χ4v) is 1.29. The summed E-state index contributed by atoms with van der Waals surface area (Å²) in [7, 11) is 0. The Balaban J connectivity index is 2.31. The molecule has 0 amide bonds. The van der Waals surface area contributed by atoms with E-state index in [1.807, 2.05) is 0 Å². The number of rotatable bonds is 7. The van der Waals surface area contributed by atoms with Crippen molar-refractivity contribution in [3.63, 3.8) is 0 Å². The maximum absolute atomic E-state index is 10.5. The van der Waals surface area contributed by atoms with Crippen molar-refractivity contribution in [2.75, 3.05) is 6.61 Å². The summed E-state index contributed by atoms with van der Waals surface area (Å²) in [4.78, 5) is 20.5. The van der Waals surface area contributed by atoms with Gasteiger partial charge in [-0.1, -0.05) is 6.92 Å². The predicted molar refractivity (Wildman–Crippen MR) is 64.2 cm³/mol. The van der Waals surface area contributed by atoms with Gasteiger partial charge in [-0.05, 0) is 24.1 Å². The zero-order chi connectivity index (χ0) is 13.5. The van der Waals surface area contributed by atoms with Gasteiger partial charge in [-0.2, -0.15) is 0 Å². The molecule has 6 heteroatoms. The number of nitrogens with zero attached hydrogens (tertiary/aromatic N) is 1. The molecule has 18 heavy (non-hydrogen) atoms. The Morgan fingerprint density at radius 1 is 1.44 bits per heavy atom. The van der Waals surface area contributed by atoms with Gasteiger partial charge in [0.15, 0.2) is 0 Å². The standard InChI is InChI=1S/C12H15NO5/c1-9(12(14)15)6-7-18-8-10-2-4-11(5-3-10)13(16)17/h2-5,9H,6-8H2,1H3,(H,14,15). The minimum Gasteiger partial charge on any atom is -0.481 e. The summed E-state index contributed by atoms with van der Waals surface area (Å²) in [5.74, 6) is -1.27. The zero-order valence-electron chi connectivity index (χ0n) is 10.0. The second kappa shape index (κ2) is 6.70. The van der Waals surface area contributed by atoms with Crippen molar-refractivity contribution in [3.8, 4) is 0 Å². The first-order valence-electron chi connectivity index (χ1n) is 5.54. The fourth-order valence-electron chi connectivity index (χ4n) is 1.29. The molecular formula is C12H15NO5. The Morgan fingerprint density at radius 3 is 2.56 bits per heavy atom. The lowest BCUT2D eigenvalue weighted by atomic mass is 10.1. The first kappa shape index (κ1) is 14.1. The first-order valence-corrected chi connectivity index (χ1v) is 5.54. The molecule has 1 N–H and O–H groups in total. The van der Waals surface area contributed by atoms with Crippen LogP contribution in [-0.2, 0) is 16.1 Å². The number of aliphatic carboxylic acids is 1. The van der Waals surface area contributed by atoms with Crippen LogP contribution in [0.3, 0.4) is 0 Å². The molecule has 98 valence electrons. The minimum atomic E-state index is -0.839. The molecule has 0 spiro atoms. The number of carboxylic acids is 1. The minimum absolute atomic E-state index is 0.0400. The van der Waals surface area contributed by atoms with Gasteiger partial charge >= 0.3 is 5.97 Å². The number of carbonyl (C=O) groups is 1. The van der Waals surface area contributed by atoms with Crippen molar-refractivity contribution in [1.82, 2.24) is 0 Å². The number of hydrogen-bond acceptors (Lipinski definition) is 4. The van der Waals surface area contributed by atoms with Crippen molar-refractivity contribution in [3.05, 3.63) is 39.9 Å². The van der Waals surface area contributed by atoms with Gasteiger partial charge in [0.1, 0.15) is 0 Å². The van der Waals surface area contributed by atoms with E-state index in [0.29, 0.717) is 19.6 Å². The summed E-state index contributed by atoms with van der Waals surface area (Å²) in [5, 5.41) is 19.1. The van der Waals surface area contributed by atoms with Gasteiger partial charge < -0.3 is 9.84 Å². The Morgan fingerprint density at radius 2 is 2.06 bits per heavy atom. The Hall–Kier alpha value is -1.95. The van der Waals surface area contributed by atoms with E-state index in [1.165, 1.54) is 12.1 Å². The molecule has 0 saturated carbocycles. The molecular weight excluding hydrogens is 238 g/mol. The molecule has 1 atom stereocenters. The van der Waals surface area contributed by atoms with Crippen LogP contribution in [0.25, 0.3) is 0 Å². The summed E-state index contributed by atoms with van der Waals surface area (Å²) in [6, 6.07) is 6.08. The van der Waals surface area contributed by atoms with Crippen LogP contribution in [0.15, 0.2) is 24.3 Å². The average Bonchev–Trinajstić information content (AvgIpc) is 2.34. The van der Waals surface area contributed by atoms with E-state index >= 15 is 0 Å². The number of nitro benzene ring substituents is 1. The Bertz CT molecular complexity index is 415. The SMILES string of the molecule is CC(CCOCc1ccc([N+](=O)[O-])cc1)C(=O)O. The monoisotopic (exact) mass is 253 g/mol. The number of carboxylic acid groups (broad SMARTS) is 1. The van der Waals surface area contributed by atoms with Gasteiger partial charge in [0.05, 0.1) is 17.4 Å². The summed E-state index contributed by atoms with van der Waals surface area (Å²) in [6.45, 7) is 2.30. The summed E-state index contributed by atoms with van der Waals surface area (Å²) in [5.41, 5.74) is 0.863. The van der Waals surface area contributed by atoms with Crippen LogP contribution in [-0.4, -0.2) is 22.6 Å². The normalized spacial score (nSPS) is 12.1. The predicted octanol–water partition coefficient (Wildman–Crippen LogP) is 2.22. The molecule has 1 aromatic carbocycles. The number of benzene rings is 1. The second-order valence-corrected chi connectivity index (χ2v) is 4.00. The fraction of sp³-hybridized carbons (Fsp3) is 0.417. The van der Waals surface area contributed by atoms with E-state index in [9.17, 15) is 14.9 Å². The van der Waals surface area contributed by atoms with E-state index in [2.05, 4.69) is 0 Å². The van der Waals surface area contributed by atoms with Crippen molar-refractivity contribution in [2.45, 2.75) is 20.0 Å². The molecule has 0 aliphatic carbocycles. The van der Waals surface area contributed by atoms with Gasteiger partial charge in [-0.25, -0.2) is 0 Å². The first-order chi connectivity index (χ1) is 8.50. The average molecular weight is 253 g/mol. The van der Waals surface area contributed by atoms with Gasteiger partial charge in [0.25, 0.3) is 5.69 Å². The molecule has 1 unspecified atom stereocenters. The van der Waals surface area contributed by atoms with Gasteiger partial charge in [0.2, 0.25) is 0 Å². The third kappa shape index (κ3) is 4.50. The molecule has 0 radical (unpaired) electrons. The third-order valence-electron chi connectivity index (χ3n) is 2.53. The van der Waals surface area contributed by atoms with Gasteiger partial charge in [-0.3, -0.25) is 14.9 Å². The van der Waals surface area contributed by atoms with Crippen LogP contribution in [0, 0.1) is 16.0 Å². The highest BCUT2D eigenvalue weighted by molar-refractivity contribution is 5.69. The van der Waals surface area contributed by atoms with Crippen LogP contribution in [0.5, 0.6) is 0 Å². The lowest BCUT2D eigenvalue weighted by Crippen LogP contribution is -2.12. The molecule has 0 bridgehead atoms. The molecule has 0 saturated heterocycles. The molecule has 0 heterocycles. The van der Waals surface area contributed by atoms with Crippen LogP contribution in [0.1, 0.15) is 18.9 Å². The van der Waals surface area contributed by atoms with E-state index < -0.39 is 16.8 Å². The maximum atomic E-state index is 10.5. The number of ether oxygens (including phenoxy) is 1. The Labute approximate surface area is 104 Å². The van der Waals surface area contributed by atoms with Crippen LogP contribution in [0.2, 0.25) is 0 Å². The maximum Gasteiger partial charge on any atom is 0.306 e. The van der Waals surface area contributed by atoms with Crippen molar-refractivity contribution in [2.24, 2.45) is 5.92 Å². The van der Waals surface area contributed by atoms with E-state index in [1.54, 1.807) is 19.1 Å². The third-order valence-corrected chi connectivity index (χ3v) is 2.53. The molecule has 0 aliphatic rings. The van der Waals surface area contributed by atoms with Gasteiger partial charge in [-0.15, -0.1) is 0 Å². The molecule has 1 rings (SSSR count). The number of non-ortho nitro benzene ring substituents is 1. The highest BCUT2D eigenvalue weighted by Gasteiger charge is 2.10. The zero-order valence-corrected chi connectivity index (χ0v) is 10.0. The lowest BCUT2D eigenvalue weighted by molar-refractivity contribution is -0.384. The van der Waals surface area contributed by atoms with E-state index in [4.69, 9.17) is 9.84 Å². The van der Waals surface area contributed by atoms with Crippen LogP contribution < -0.4 is 0 Å². The number of nitro groups is 1. The van der Waals surface area contributed by atoms with E-state index in [-0.39, 0.29) is 5.69 Å². The van der Waals surface area contributed by atoms with Crippen molar-refractivity contribution in [1.29, 1.82) is 0 Å². The smallest absolute Gasteiger partial charge is 0.306 e. The van der Waals surface area contributed by atoms with Crippen molar-refractivity contribution < 1.29 is 19.6 Å². The molecule has 1 aromatic rings. The Kier molecular flexibility index (Phi) is 5.26. The highest BCUT2D eigenvalue weighted by Crippen LogP contribution is 2.12. The quantitative estimate of drug-likeness (QED) is 0.457. The summed E-state index contributed by atoms with van der Waals surface area (Å²) >= 11 is 0. The molecule has 6 nitrogen and oxygen atoms in total. The molecule has 0 aromatic heterocycles. The van der Waals surface area contributed by atoms with Crippen LogP contribution >= 0.6 is 0 Å². The second-order valence-electron chi connectivity index (χ2n) is 4.00. The highest BCUT2D eigenvalue weighted by atomic mass is 16.6. The molecule has 0 aliphatic heterocycles. The summed E-state index contributed by atoms with van der Waals surface area (Å²) in [6.07, 6.45) is 0.447. The largest absolute Gasteiger partial charge is 0.481 e. The number of hydrogen-bond donors (Lipinski definition) is 1. The summed E-state index contributed by atoms with van der Waals surface area (Å²) < 4.78 is 5.31. The topological polar surface area (TPSA) is 89.7 Å². The lowest BCUT2D eigenvalue weighted by Gasteiger charge is -2.07.